The molecule has 0 saturated carbocycles. The van der Waals surface area contributed by atoms with Crippen molar-refractivity contribution < 1.29 is 0 Å². The summed E-state index contributed by atoms with van der Waals surface area (Å²) in [6.07, 6.45) is 1.80. The molecule has 0 spiro atoms. The van der Waals surface area contributed by atoms with E-state index in [0.29, 0.717) is 6.54 Å². The zero-order valence-corrected chi connectivity index (χ0v) is 11.2. The summed E-state index contributed by atoms with van der Waals surface area (Å²) in [5, 5.41) is 3.33. The van der Waals surface area contributed by atoms with Gasteiger partial charge in [-0.05, 0) is 42.8 Å². The van der Waals surface area contributed by atoms with Crippen LogP contribution in [0.4, 0.5) is 11.4 Å². The number of benzene rings is 1. The molecule has 4 heteroatoms. The Bertz CT molecular complexity index is 509. The zero-order valence-electron chi connectivity index (χ0n) is 9.57. The Morgan fingerprint density at radius 1 is 1.29 bits per heavy atom. The Balaban J connectivity index is 2.19. The van der Waals surface area contributed by atoms with Crippen LogP contribution in [0.1, 0.15) is 11.3 Å². The maximum absolute atomic E-state index is 5.51. The molecule has 0 fully saturated rings. The molecule has 88 valence electrons. The van der Waals surface area contributed by atoms with E-state index in [9.17, 15) is 0 Å². The van der Waals surface area contributed by atoms with Crippen LogP contribution in [0.2, 0.25) is 0 Å². The van der Waals surface area contributed by atoms with Crippen LogP contribution < -0.4 is 11.1 Å². The molecule has 0 atom stereocenters. The van der Waals surface area contributed by atoms with Gasteiger partial charge < -0.3 is 11.1 Å². The van der Waals surface area contributed by atoms with Crippen molar-refractivity contribution in [1.82, 2.24) is 4.98 Å². The molecular weight excluding hydrogens is 278 g/mol. The zero-order chi connectivity index (χ0) is 12.3. The van der Waals surface area contributed by atoms with Crippen LogP contribution in [-0.2, 0) is 6.54 Å². The molecule has 0 amide bonds. The number of rotatable bonds is 3. The molecule has 2 rings (SSSR count). The fourth-order valence-electron chi connectivity index (χ4n) is 1.54. The van der Waals surface area contributed by atoms with Gasteiger partial charge in [-0.2, -0.15) is 0 Å². The average Bonchev–Trinajstić information content (AvgIpc) is 2.34. The van der Waals surface area contributed by atoms with Gasteiger partial charge in [0.25, 0.3) is 0 Å². The van der Waals surface area contributed by atoms with Crippen molar-refractivity contribution in [2.75, 3.05) is 5.32 Å². The molecule has 3 N–H and O–H groups in total. The number of nitrogens with two attached hydrogens (primary N) is 1. The molecule has 1 aromatic carbocycles. The summed E-state index contributed by atoms with van der Waals surface area (Å²) in [5.74, 6) is 0. The van der Waals surface area contributed by atoms with Gasteiger partial charge >= 0.3 is 0 Å². The van der Waals surface area contributed by atoms with Crippen LogP contribution in [0.5, 0.6) is 0 Å². The Kier molecular flexibility index (Phi) is 3.76. The van der Waals surface area contributed by atoms with Gasteiger partial charge in [0.2, 0.25) is 0 Å². The van der Waals surface area contributed by atoms with Crippen LogP contribution in [0.25, 0.3) is 0 Å². The van der Waals surface area contributed by atoms with Crippen molar-refractivity contribution in [3.05, 3.63) is 52.3 Å². The van der Waals surface area contributed by atoms with Gasteiger partial charge in [0.15, 0.2) is 0 Å². The van der Waals surface area contributed by atoms with Crippen LogP contribution in [-0.4, -0.2) is 4.98 Å². The Morgan fingerprint density at radius 2 is 2.12 bits per heavy atom. The minimum Gasteiger partial charge on any atom is -0.354 e. The van der Waals surface area contributed by atoms with Crippen LogP contribution in [0.15, 0.2) is 41.0 Å². The van der Waals surface area contributed by atoms with E-state index in [0.717, 1.165) is 21.5 Å². The van der Waals surface area contributed by atoms with Crippen molar-refractivity contribution >= 4 is 27.3 Å². The van der Waals surface area contributed by atoms with E-state index in [1.807, 2.05) is 24.3 Å². The Hall–Kier alpha value is -1.39. The third-order valence-electron chi connectivity index (χ3n) is 2.50. The highest BCUT2D eigenvalue weighted by Gasteiger charge is 2.00. The first-order valence-electron chi connectivity index (χ1n) is 5.37. The molecule has 0 aliphatic rings. The lowest BCUT2D eigenvalue weighted by molar-refractivity contribution is 0.991. The molecule has 17 heavy (non-hydrogen) atoms. The Morgan fingerprint density at radius 3 is 2.71 bits per heavy atom. The third kappa shape index (κ3) is 3.05. The molecule has 0 bridgehead atoms. The van der Waals surface area contributed by atoms with Crippen LogP contribution in [0, 0.1) is 6.92 Å². The smallest absolute Gasteiger partial charge is 0.0571 e. The van der Waals surface area contributed by atoms with E-state index in [4.69, 9.17) is 5.73 Å². The van der Waals surface area contributed by atoms with Crippen molar-refractivity contribution in [3.63, 3.8) is 0 Å². The number of pyridine rings is 1. The molecule has 0 aliphatic heterocycles. The quantitative estimate of drug-likeness (QED) is 0.912. The number of nitrogens with zero attached hydrogens (tertiary/aromatic N) is 1. The van der Waals surface area contributed by atoms with Gasteiger partial charge in [-0.25, -0.2) is 0 Å². The lowest BCUT2D eigenvalue weighted by Crippen LogP contribution is -2.00. The number of aryl methyl sites for hydroxylation is 1. The summed E-state index contributed by atoms with van der Waals surface area (Å²) in [5.41, 5.74) is 9.62. The summed E-state index contributed by atoms with van der Waals surface area (Å²) in [4.78, 5) is 4.24. The first-order valence-corrected chi connectivity index (χ1v) is 6.16. The molecule has 2 aromatic rings. The van der Waals surface area contributed by atoms with Gasteiger partial charge in [0.1, 0.15) is 0 Å². The minimum atomic E-state index is 0.470. The predicted molar refractivity (Wildman–Crippen MR) is 74.3 cm³/mol. The summed E-state index contributed by atoms with van der Waals surface area (Å²) in [6, 6.07) is 10.0. The summed E-state index contributed by atoms with van der Waals surface area (Å²) < 4.78 is 1.08. The molecule has 0 saturated heterocycles. The van der Waals surface area contributed by atoms with E-state index >= 15 is 0 Å². The number of aromatic nitrogens is 1. The van der Waals surface area contributed by atoms with Crippen LogP contribution >= 0.6 is 15.9 Å². The van der Waals surface area contributed by atoms with E-state index in [1.54, 1.807) is 6.20 Å². The largest absolute Gasteiger partial charge is 0.354 e. The highest BCUT2D eigenvalue weighted by atomic mass is 79.9. The molecule has 0 radical (unpaired) electrons. The van der Waals surface area contributed by atoms with Gasteiger partial charge in [-0.3, -0.25) is 4.98 Å². The van der Waals surface area contributed by atoms with Crippen molar-refractivity contribution in [1.29, 1.82) is 0 Å². The molecule has 1 aromatic heterocycles. The topological polar surface area (TPSA) is 50.9 Å². The van der Waals surface area contributed by atoms with Crippen molar-refractivity contribution in [3.8, 4) is 0 Å². The summed E-state index contributed by atoms with van der Waals surface area (Å²) >= 11 is 3.45. The lowest BCUT2D eigenvalue weighted by Gasteiger charge is -2.09. The second-order valence-electron chi connectivity index (χ2n) is 3.83. The SMILES string of the molecule is Cc1cc(Br)ccc1Nc1ccc(CN)nc1. The van der Waals surface area contributed by atoms with E-state index < -0.39 is 0 Å². The van der Waals surface area contributed by atoms with E-state index in [-0.39, 0.29) is 0 Å². The standard InChI is InChI=1S/C13H14BrN3/c1-9-6-10(14)2-5-13(9)17-12-4-3-11(7-15)16-8-12/h2-6,8,17H,7,15H2,1H3. The van der Waals surface area contributed by atoms with Gasteiger partial charge in [0.05, 0.1) is 17.6 Å². The molecule has 1 heterocycles. The minimum absolute atomic E-state index is 0.470. The van der Waals surface area contributed by atoms with Gasteiger partial charge in [0, 0.05) is 16.7 Å². The Labute approximate surface area is 109 Å². The molecule has 0 aliphatic carbocycles. The van der Waals surface area contributed by atoms with Gasteiger partial charge in [-0.15, -0.1) is 0 Å². The normalized spacial score (nSPS) is 10.3. The first-order chi connectivity index (χ1) is 8.19. The summed E-state index contributed by atoms with van der Waals surface area (Å²) in [7, 11) is 0. The molecular formula is C13H14BrN3. The summed E-state index contributed by atoms with van der Waals surface area (Å²) in [6.45, 7) is 2.53. The lowest BCUT2D eigenvalue weighted by atomic mass is 10.2. The fourth-order valence-corrected chi connectivity index (χ4v) is 2.02. The van der Waals surface area contributed by atoms with Crippen molar-refractivity contribution in [2.45, 2.75) is 13.5 Å². The second-order valence-corrected chi connectivity index (χ2v) is 4.74. The molecule has 3 nitrogen and oxygen atoms in total. The number of halogens is 1. The number of anilines is 2. The number of hydrogen-bond acceptors (Lipinski definition) is 3. The third-order valence-corrected chi connectivity index (χ3v) is 2.99. The second kappa shape index (κ2) is 5.29. The van der Waals surface area contributed by atoms with E-state index in [1.165, 1.54) is 5.56 Å². The number of nitrogens with one attached hydrogen (secondary N) is 1. The molecule has 0 unspecified atom stereocenters. The highest BCUT2D eigenvalue weighted by Crippen LogP contribution is 2.23. The maximum Gasteiger partial charge on any atom is 0.0571 e. The maximum atomic E-state index is 5.51. The van der Waals surface area contributed by atoms with Gasteiger partial charge in [-0.1, -0.05) is 15.9 Å². The van der Waals surface area contributed by atoms with Crippen LogP contribution in [0.3, 0.4) is 0 Å². The average molecular weight is 292 g/mol. The predicted octanol–water partition coefficient (Wildman–Crippen LogP) is 3.35. The highest BCUT2D eigenvalue weighted by molar-refractivity contribution is 9.10. The number of hydrogen-bond donors (Lipinski definition) is 2. The van der Waals surface area contributed by atoms with Crippen molar-refractivity contribution in [2.24, 2.45) is 5.73 Å². The fraction of sp³-hybridized carbons (Fsp3) is 0.154. The van der Waals surface area contributed by atoms with E-state index in [2.05, 4.69) is 39.2 Å². The first kappa shape index (κ1) is 12.1. The monoisotopic (exact) mass is 291 g/mol.